The van der Waals surface area contributed by atoms with Crippen molar-refractivity contribution < 1.29 is 0 Å². The lowest BCUT2D eigenvalue weighted by Crippen LogP contribution is -2.30. The van der Waals surface area contributed by atoms with E-state index >= 15 is 0 Å². The molecular weight excluding hydrogens is 270 g/mol. The Balaban J connectivity index is 2.22. The van der Waals surface area contributed by atoms with Gasteiger partial charge in [0.15, 0.2) is 0 Å². The molecule has 0 radical (unpaired) electrons. The third kappa shape index (κ3) is 3.80. The van der Waals surface area contributed by atoms with E-state index in [9.17, 15) is 0 Å². The predicted molar refractivity (Wildman–Crippen MR) is 87.8 cm³/mol. The molecule has 0 aromatic carbocycles. The van der Waals surface area contributed by atoms with E-state index in [2.05, 4.69) is 64.9 Å². The first-order valence-corrected chi connectivity index (χ1v) is 7.88. The Bertz CT molecular complexity index is 551. The molecule has 0 saturated heterocycles. The van der Waals surface area contributed by atoms with Gasteiger partial charge in [-0.2, -0.15) is 4.98 Å². The molecule has 6 heteroatoms. The van der Waals surface area contributed by atoms with E-state index in [1.54, 1.807) is 11.3 Å². The minimum Gasteiger partial charge on any atom is -0.366 e. The van der Waals surface area contributed by atoms with Crippen molar-refractivity contribution in [2.75, 3.05) is 37.8 Å². The van der Waals surface area contributed by atoms with E-state index in [4.69, 9.17) is 0 Å². The van der Waals surface area contributed by atoms with E-state index < -0.39 is 0 Å². The second-order valence-corrected chi connectivity index (χ2v) is 6.16. The highest BCUT2D eigenvalue weighted by Crippen LogP contribution is 2.26. The molecule has 0 aliphatic heterocycles. The maximum Gasteiger partial charge on any atom is 0.226 e. The van der Waals surface area contributed by atoms with Crippen LogP contribution in [0.1, 0.15) is 20.3 Å². The van der Waals surface area contributed by atoms with E-state index in [0.717, 1.165) is 35.5 Å². The van der Waals surface area contributed by atoms with E-state index in [0.29, 0.717) is 12.0 Å². The Hall–Kier alpha value is -1.40. The lowest BCUT2D eigenvalue weighted by molar-refractivity contribution is 0.392. The molecule has 0 aliphatic carbocycles. The van der Waals surface area contributed by atoms with Crippen LogP contribution in [0.4, 0.5) is 11.8 Å². The molecule has 0 aliphatic rings. The summed E-state index contributed by atoms with van der Waals surface area (Å²) >= 11 is 1.65. The average molecular weight is 293 g/mol. The van der Waals surface area contributed by atoms with Crippen LogP contribution in [0.15, 0.2) is 11.4 Å². The lowest BCUT2D eigenvalue weighted by atomic mass is 10.3. The molecule has 2 aromatic rings. The highest BCUT2D eigenvalue weighted by atomic mass is 32.1. The van der Waals surface area contributed by atoms with Crippen LogP contribution in [-0.2, 0) is 0 Å². The van der Waals surface area contributed by atoms with Gasteiger partial charge in [0, 0.05) is 19.1 Å². The van der Waals surface area contributed by atoms with Crippen LogP contribution >= 0.6 is 11.3 Å². The second kappa shape index (κ2) is 6.85. The van der Waals surface area contributed by atoms with Gasteiger partial charge in [-0.05, 0) is 38.9 Å². The van der Waals surface area contributed by atoms with Gasteiger partial charge in [0.25, 0.3) is 0 Å². The predicted octanol–water partition coefficient (Wildman–Crippen LogP) is 2.88. The summed E-state index contributed by atoms with van der Waals surface area (Å²) in [5.41, 5.74) is 0. The number of nitrogens with one attached hydrogen (secondary N) is 2. The summed E-state index contributed by atoms with van der Waals surface area (Å²) in [5.74, 6) is 1.63. The van der Waals surface area contributed by atoms with Crippen molar-refractivity contribution in [3.63, 3.8) is 0 Å². The molecule has 5 nitrogen and oxygen atoms in total. The Morgan fingerprint density at radius 1 is 1.35 bits per heavy atom. The molecule has 110 valence electrons. The summed E-state index contributed by atoms with van der Waals surface area (Å²) in [6, 6.07) is 2.41. The molecule has 20 heavy (non-hydrogen) atoms. The van der Waals surface area contributed by atoms with E-state index in [1.807, 2.05) is 0 Å². The minimum atomic E-state index is 0.335. The van der Waals surface area contributed by atoms with Gasteiger partial charge in [0.05, 0.1) is 5.39 Å². The Morgan fingerprint density at radius 2 is 2.15 bits per heavy atom. The molecule has 1 unspecified atom stereocenters. The summed E-state index contributed by atoms with van der Waals surface area (Å²) in [6.07, 6.45) is 1.06. The first-order chi connectivity index (χ1) is 9.60. The molecule has 2 N–H and O–H groups in total. The highest BCUT2D eigenvalue weighted by molar-refractivity contribution is 7.16. The zero-order valence-electron chi connectivity index (χ0n) is 12.6. The normalized spacial score (nSPS) is 12.8. The Kier molecular flexibility index (Phi) is 5.14. The number of fused-ring (bicyclic) bond motifs is 1. The van der Waals surface area contributed by atoms with Crippen molar-refractivity contribution in [3.8, 4) is 0 Å². The van der Waals surface area contributed by atoms with Crippen molar-refractivity contribution in [1.82, 2.24) is 14.9 Å². The van der Waals surface area contributed by atoms with E-state index in [1.165, 1.54) is 0 Å². The van der Waals surface area contributed by atoms with Gasteiger partial charge in [0.1, 0.15) is 10.6 Å². The first kappa shape index (κ1) is 15.0. The third-order valence-electron chi connectivity index (χ3n) is 2.88. The van der Waals surface area contributed by atoms with Gasteiger partial charge in [-0.25, -0.2) is 4.98 Å². The van der Waals surface area contributed by atoms with Gasteiger partial charge >= 0.3 is 0 Å². The van der Waals surface area contributed by atoms with Crippen LogP contribution in [0.2, 0.25) is 0 Å². The fourth-order valence-corrected chi connectivity index (χ4v) is 2.87. The Morgan fingerprint density at radius 3 is 2.85 bits per heavy atom. The van der Waals surface area contributed by atoms with E-state index in [-0.39, 0.29) is 0 Å². The van der Waals surface area contributed by atoms with Crippen molar-refractivity contribution in [1.29, 1.82) is 0 Å². The molecule has 0 spiro atoms. The zero-order valence-corrected chi connectivity index (χ0v) is 13.4. The number of hydrogen-bond donors (Lipinski definition) is 2. The van der Waals surface area contributed by atoms with Crippen LogP contribution in [0.25, 0.3) is 10.2 Å². The third-order valence-corrected chi connectivity index (χ3v) is 3.69. The topological polar surface area (TPSA) is 53.1 Å². The number of thiophene rings is 1. The quantitative estimate of drug-likeness (QED) is 0.822. The lowest BCUT2D eigenvalue weighted by Gasteiger charge is -2.19. The molecule has 2 aromatic heterocycles. The first-order valence-electron chi connectivity index (χ1n) is 7.00. The number of hydrogen-bond acceptors (Lipinski definition) is 6. The number of rotatable bonds is 7. The monoisotopic (exact) mass is 293 g/mol. The van der Waals surface area contributed by atoms with Crippen LogP contribution < -0.4 is 10.6 Å². The van der Waals surface area contributed by atoms with Crippen LogP contribution in [-0.4, -0.2) is 48.1 Å². The average Bonchev–Trinajstić information content (AvgIpc) is 2.83. The van der Waals surface area contributed by atoms with Crippen LogP contribution in [0, 0.1) is 0 Å². The van der Waals surface area contributed by atoms with Crippen LogP contribution in [0.3, 0.4) is 0 Å². The van der Waals surface area contributed by atoms with Crippen molar-refractivity contribution in [3.05, 3.63) is 11.4 Å². The summed E-state index contributed by atoms with van der Waals surface area (Å²) in [5, 5.41) is 9.92. The molecule has 0 saturated carbocycles. The Labute approximate surface area is 124 Å². The number of likely N-dealkylation sites (N-methyl/N-ethyl adjacent to an activating group) is 1. The number of nitrogens with zero attached hydrogens (tertiary/aromatic N) is 3. The molecule has 2 heterocycles. The second-order valence-electron chi connectivity index (χ2n) is 5.27. The molecular formula is C14H23N5S. The van der Waals surface area contributed by atoms with Crippen LogP contribution in [0.5, 0.6) is 0 Å². The number of aromatic nitrogens is 2. The van der Waals surface area contributed by atoms with Gasteiger partial charge in [0.2, 0.25) is 5.95 Å². The summed E-state index contributed by atoms with van der Waals surface area (Å²) in [4.78, 5) is 12.4. The minimum absolute atomic E-state index is 0.335. The smallest absolute Gasteiger partial charge is 0.226 e. The van der Waals surface area contributed by atoms with Gasteiger partial charge in [-0.15, -0.1) is 11.3 Å². The fraction of sp³-hybridized carbons (Fsp3) is 0.571. The molecule has 0 bridgehead atoms. The standard InChI is InChI=1S/C14H23N5S/c1-5-7-15-14-17-12(16-10(2)9-19(3)4)11-6-8-20-13(11)18-14/h6,8,10H,5,7,9H2,1-4H3,(H2,15,16,17,18). The number of anilines is 2. The summed E-state index contributed by atoms with van der Waals surface area (Å²) in [7, 11) is 4.15. The van der Waals surface area contributed by atoms with Gasteiger partial charge < -0.3 is 15.5 Å². The molecule has 2 rings (SSSR count). The summed E-state index contributed by atoms with van der Waals surface area (Å²) < 4.78 is 0. The SMILES string of the molecule is CCCNc1nc(NC(C)CN(C)C)c2ccsc2n1. The highest BCUT2D eigenvalue weighted by Gasteiger charge is 2.11. The van der Waals surface area contributed by atoms with Crippen molar-refractivity contribution in [2.45, 2.75) is 26.3 Å². The fourth-order valence-electron chi connectivity index (χ4n) is 2.11. The summed E-state index contributed by atoms with van der Waals surface area (Å²) in [6.45, 7) is 6.16. The molecule has 0 fully saturated rings. The largest absolute Gasteiger partial charge is 0.366 e. The van der Waals surface area contributed by atoms with Crippen molar-refractivity contribution >= 4 is 33.3 Å². The van der Waals surface area contributed by atoms with Gasteiger partial charge in [-0.1, -0.05) is 6.92 Å². The molecule has 0 amide bonds. The molecule has 1 atom stereocenters. The van der Waals surface area contributed by atoms with Gasteiger partial charge in [-0.3, -0.25) is 0 Å². The maximum absolute atomic E-state index is 4.61. The van der Waals surface area contributed by atoms with Crippen molar-refractivity contribution in [2.24, 2.45) is 0 Å². The maximum atomic E-state index is 4.61. The zero-order chi connectivity index (χ0) is 14.5.